The minimum Gasteiger partial charge on any atom is -0.508 e. The zero-order valence-corrected chi connectivity index (χ0v) is 10.2. The first-order valence-corrected chi connectivity index (χ1v) is 6.31. The summed E-state index contributed by atoms with van der Waals surface area (Å²) in [5.74, 6) is -0.0875. The van der Waals surface area contributed by atoms with Gasteiger partial charge in [0, 0.05) is 11.0 Å². The Labute approximate surface area is 96.8 Å². The van der Waals surface area contributed by atoms with Crippen LogP contribution in [-0.4, -0.2) is 20.1 Å². The van der Waals surface area contributed by atoms with E-state index in [9.17, 15) is 8.42 Å². The van der Waals surface area contributed by atoms with Crippen molar-refractivity contribution in [2.75, 3.05) is 6.54 Å². The Hall–Kier alpha value is -0.850. The maximum atomic E-state index is 11.6. The second-order valence-corrected chi connectivity index (χ2v) is 5.73. The highest BCUT2D eigenvalue weighted by Crippen LogP contribution is 2.15. The summed E-state index contributed by atoms with van der Waals surface area (Å²) in [6.07, 6.45) is 0. The minimum atomic E-state index is -3.58. The Kier molecular flexibility index (Phi) is 3.90. The average Bonchev–Trinajstić information content (AvgIpc) is 2.15. The first kappa shape index (κ1) is 12.2. The summed E-state index contributed by atoms with van der Waals surface area (Å²) in [6, 6.07) is 5.45. The van der Waals surface area contributed by atoms with Crippen molar-refractivity contribution in [1.29, 1.82) is 0 Å². The molecule has 0 saturated carbocycles. The van der Waals surface area contributed by atoms with Gasteiger partial charge < -0.3 is 5.11 Å². The van der Waals surface area contributed by atoms with Gasteiger partial charge in [0.05, 0.1) is 4.90 Å². The molecule has 0 amide bonds. The third-order valence-electron chi connectivity index (χ3n) is 1.58. The van der Waals surface area contributed by atoms with E-state index in [1.54, 1.807) is 0 Å². The van der Waals surface area contributed by atoms with Gasteiger partial charge in [-0.2, -0.15) is 0 Å². The molecule has 0 radical (unpaired) electrons. The van der Waals surface area contributed by atoms with E-state index in [1.165, 1.54) is 24.3 Å². The summed E-state index contributed by atoms with van der Waals surface area (Å²) in [7, 11) is -3.58. The van der Waals surface area contributed by atoms with Crippen molar-refractivity contribution >= 4 is 26.0 Å². The molecule has 0 saturated heterocycles. The van der Waals surface area contributed by atoms with Gasteiger partial charge in [-0.15, -0.1) is 0 Å². The third-order valence-corrected chi connectivity index (χ3v) is 3.26. The largest absolute Gasteiger partial charge is 0.508 e. The molecule has 0 unspecified atom stereocenters. The SMILES string of the molecule is C=C(Br)CNS(=O)(=O)c1cccc(O)c1. The highest BCUT2D eigenvalue weighted by molar-refractivity contribution is 9.11. The molecule has 1 aromatic rings. The Morgan fingerprint density at radius 2 is 2.20 bits per heavy atom. The maximum Gasteiger partial charge on any atom is 0.241 e. The Balaban J connectivity index is 2.91. The van der Waals surface area contributed by atoms with Crippen LogP contribution in [0.2, 0.25) is 0 Å². The summed E-state index contributed by atoms with van der Waals surface area (Å²) in [5, 5.41) is 9.13. The molecule has 0 bridgehead atoms. The molecule has 0 aromatic heterocycles. The molecule has 0 aliphatic heterocycles. The molecule has 82 valence electrons. The zero-order chi connectivity index (χ0) is 11.5. The van der Waals surface area contributed by atoms with E-state index in [0.717, 1.165) is 0 Å². The van der Waals surface area contributed by atoms with Crippen LogP contribution in [0, 0.1) is 0 Å². The van der Waals surface area contributed by atoms with E-state index in [4.69, 9.17) is 5.11 Å². The van der Waals surface area contributed by atoms with Crippen molar-refractivity contribution in [2.24, 2.45) is 0 Å². The first-order chi connectivity index (χ1) is 6.92. The molecule has 0 spiro atoms. The smallest absolute Gasteiger partial charge is 0.241 e. The van der Waals surface area contributed by atoms with Crippen molar-refractivity contribution in [3.63, 3.8) is 0 Å². The molecule has 1 aromatic carbocycles. The van der Waals surface area contributed by atoms with Crippen molar-refractivity contribution in [2.45, 2.75) is 4.90 Å². The normalized spacial score (nSPS) is 11.3. The van der Waals surface area contributed by atoms with Crippen LogP contribution in [0.25, 0.3) is 0 Å². The Morgan fingerprint density at radius 1 is 1.53 bits per heavy atom. The van der Waals surface area contributed by atoms with Crippen molar-refractivity contribution in [1.82, 2.24) is 4.72 Å². The summed E-state index contributed by atoms with van der Waals surface area (Å²) < 4.78 is 26.1. The van der Waals surface area contributed by atoms with Gasteiger partial charge >= 0.3 is 0 Å². The summed E-state index contributed by atoms with van der Waals surface area (Å²) in [6.45, 7) is 3.62. The molecule has 0 heterocycles. The number of phenols is 1. The van der Waals surface area contributed by atoms with Gasteiger partial charge in [-0.3, -0.25) is 0 Å². The van der Waals surface area contributed by atoms with Crippen LogP contribution in [0.3, 0.4) is 0 Å². The van der Waals surface area contributed by atoms with Crippen LogP contribution in [0.1, 0.15) is 0 Å². The fourth-order valence-corrected chi connectivity index (χ4v) is 2.30. The Morgan fingerprint density at radius 3 is 2.73 bits per heavy atom. The molecule has 6 heteroatoms. The molecule has 0 atom stereocenters. The van der Waals surface area contributed by atoms with Crippen LogP contribution in [0.5, 0.6) is 5.75 Å². The Bertz CT molecular complexity index is 470. The maximum absolute atomic E-state index is 11.6. The second kappa shape index (κ2) is 4.78. The van der Waals surface area contributed by atoms with Crippen molar-refractivity contribution in [3.8, 4) is 5.75 Å². The van der Waals surface area contributed by atoms with E-state index >= 15 is 0 Å². The average molecular weight is 292 g/mol. The highest BCUT2D eigenvalue weighted by Gasteiger charge is 2.13. The lowest BCUT2D eigenvalue weighted by Crippen LogP contribution is -2.24. The van der Waals surface area contributed by atoms with Crippen molar-refractivity contribution in [3.05, 3.63) is 35.3 Å². The summed E-state index contributed by atoms with van der Waals surface area (Å²) in [5.41, 5.74) is 0. The number of benzene rings is 1. The number of halogens is 1. The lowest BCUT2D eigenvalue weighted by atomic mass is 10.3. The summed E-state index contributed by atoms with van der Waals surface area (Å²) >= 11 is 3.04. The number of hydrogen-bond acceptors (Lipinski definition) is 3. The van der Waals surface area contributed by atoms with Crippen molar-refractivity contribution < 1.29 is 13.5 Å². The minimum absolute atomic E-state index is 0.0243. The fraction of sp³-hybridized carbons (Fsp3) is 0.111. The third kappa shape index (κ3) is 3.65. The van der Waals surface area contributed by atoms with Gasteiger partial charge in [-0.1, -0.05) is 28.6 Å². The van der Waals surface area contributed by atoms with E-state index < -0.39 is 10.0 Å². The summed E-state index contributed by atoms with van der Waals surface area (Å²) in [4.78, 5) is 0.0243. The van der Waals surface area contributed by atoms with E-state index in [2.05, 4.69) is 27.2 Å². The fourth-order valence-electron chi connectivity index (χ4n) is 0.907. The molecule has 1 rings (SSSR count). The predicted octanol–water partition coefficient (Wildman–Crippen LogP) is 1.58. The molecular weight excluding hydrogens is 282 g/mol. The number of hydrogen-bond donors (Lipinski definition) is 2. The number of sulfonamides is 1. The van der Waals surface area contributed by atoms with E-state index in [1.807, 2.05) is 0 Å². The number of phenolic OH excluding ortho intramolecular Hbond substituents is 1. The number of nitrogens with one attached hydrogen (secondary N) is 1. The van der Waals surface area contributed by atoms with Gasteiger partial charge in [0.1, 0.15) is 5.75 Å². The lowest BCUT2D eigenvalue weighted by Gasteiger charge is -2.05. The molecule has 4 nitrogen and oxygen atoms in total. The lowest BCUT2D eigenvalue weighted by molar-refractivity contribution is 0.473. The number of aromatic hydroxyl groups is 1. The molecule has 0 aliphatic rings. The highest BCUT2D eigenvalue weighted by atomic mass is 79.9. The van der Waals surface area contributed by atoms with Gasteiger partial charge in [0.2, 0.25) is 10.0 Å². The molecule has 2 N–H and O–H groups in total. The van der Waals surface area contributed by atoms with Gasteiger partial charge in [0.15, 0.2) is 0 Å². The molecule has 0 aliphatic carbocycles. The quantitative estimate of drug-likeness (QED) is 0.885. The topological polar surface area (TPSA) is 66.4 Å². The monoisotopic (exact) mass is 291 g/mol. The number of rotatable bonds is 4. The van der Waals surface area contributed by atoms with Gasteiger partial charge in [-0.05, 0) is 18.2 Å². The van der Waals surface area contributed by atoms with Crippen LogP contribution >= 0.6 is 15.9 Å². The first-order valence-electron chi connectivity index (χ1n) is 4.04. The van der Waals surface area contributed by atoms with E-state index in [0.29, 0.717) is 4.48 Å². The van der Waals surface area contributed by atoms with Gasteiger partial charge in [-0.25, -0.2) is 13.1 Å². The zero-order valence-electron chi connectivity index (χ0n) is 7.77. The second-order valence-electron chi connectivity index (χ2n) is 2.84. The van der Waals surface area contributed by atoms with Crippen LogP contribution < -0.4 is 4.72 Å². The van der Waals surface area contributed by atoms with Crippen LogP contribution in [-0.2, 0) is 10.0 Å². The van der Waals surface area contributed by atoms with Crippen LogP contribution in [0.4, 0.5) is 0 Å². The predicted molar refractivity (Wildman–Crippen MR) is 61.4 cm³/mol. The molecular formula is C9H10BrNO3S. The van der Waals surface area contributed by atoms with Gasteiger partial charge in [0.25, 0.3) is 0 Å². The van der Waals surface area contributed by atoms with Crippen LogP contribution in [0.15, 0.2) is 40.2 Å². The molecule has 0 fully saturated rings. The van der Waals surface area contributed by atoms with E-state index in [-0.39, 0.29) is 17.2 Å². The molecule has 15 heavy (non-hydrogen) atoms. The standard InChI is InChI=1S/C9H10BrNO3S/c1-7(10)6-11-15(13,14)9-4-2-3-8(12)5-9/h2-5,11-12H,1,6H2.